The zero-order chi connectivity index (χ0) is 13.2. The van der Waals surface area contributed by atoms with Gasteiger partial charge in [-0.1, -0.05) is 23.2 Å². The number of carbonyl (C=O) groups is 1. The van der Waals surface area contributed by atoms with Crippen LogP contribution in [0.2, 0.25) is 10.3 Å². The van der Waals surface area contributed by atoms with Crippen molar-refractivity contribution in [3.63, 3.8) is 0 Å². The summed E-state index contributed by atoms with van der Waals surface area (Å²) in [6.07, 6.45) is 0.637. The van der Waals surface area contributed by atoms with Gasteiger partial charge < -0.3 is 5.32 Å². The molecular weight excluding hydrogens is 293 g/mol. The molecular formula is C11H9Cl2N3OS. The van der Waals surface area contributed by atoms with Gasteiger partial charge in [-0.2, -0.15) is 17.0 Å². The average Bonchev–Trinajstić information content (AvgIpc) is 2.78. The van der Waals surface area contributed by atoms with E-state index in [-0.39, 0.29) is 15.9 Å². The molecule has 0 aliphatic carbocycles. The van der Waals surface area contributed by atoms with Gasteiger partial charge in [0, 0.05) is 5.75 Å². The second kappa shape index (κ2) is 5.35. The largest absolute Gasteiger partial charge is 0.333 e. The number of nitriles is 1. The van der Waals surface area contributed by atoms with Crippen molar-refractivity contribution < 1.29 is 4.79 Å². The second-order valence-corrected chi connectivity index (χ2v) is 5.77. The van der Waals surface area contributed by atoms with E-state index in [4.69, 9.17) is 23.2 Å². The van der Waals surface area contributed by atoms with E-state index >= 15 is 0 Å². The number of thioether (sulfide) groups is 1. The van der Waals surface area contributed by atoms with E-state index in [2.05, 4.69) is 16.4 Å². The highest BCUT2D eigenvalue weighted by molar-refractivity contribution is 7.99. The molecule has 1 aromatic heterocycles. The summed E-state index contributed by atoms with van der Waals surface area (Å²) in [4.78, 5) is 15.9. The fourth-order valence-corrected chi connectivity index (χ4v) is 3.34. The molecule has 2 heterocycles. The summed E-state index contributed by atoms with van der Waals surface area (Å²) in [5, 5.41) is 12.2. The Bertz CT molecular complexity index is 524. The molecule has 1 N–H and O–H groups in total. The third-order valence-electron chi connectivity index (χ3n) is 2.65. The normalized spacial score (nSPS) is 22.5. The molecule has 0 radical (unpaired) electrons. The van der Waals surface area contributed by atoms with Crippen molar-refractivity contribution in [1.82, 2.24) is 10.3 Å². The highest BCUT2D eigenvalue weighted by atomic mass is 35.5. The molecule has 1 amide bonds. The first-order chi connectivity index (χ1) is 8.56. The first kappa shape index (κ1) is 13.5. The lowest BCUT2D eigenvalue weighted by Gasteiger charge is -2.21. The summed E-state index contributed by atoms with van der Waals surface area (Å²) >= 11 is 13.2. The standard InChI is InChI=1S/C11H9Cl2N3OS/c12-8-2-1-7(9(13)15-8)10(17)16-11(5-14)3-4-18-6-11/h1-2H,3-4,6H2,(H,16,17). The fraction of sp³-hybridized carbons (Fsp3) is 0.364. The van der Waals surface area contributed by atoms with E-state index < -0.39 is 11.4 Å². The van der Waals surface area contributed by atoms with Gasteiger partial charge in [0.25, 0.3) is 5.91 Å². The highest BCUT2D eigenvalue weighted by Gasteiger charge is 2.36. The van der Waals surface area contributed by atoms with Gasteiger partial charge in [-0.25, -0.2) is 4.98 Å². The van der Waals surface area contributed by atoms with Crippen molar-refractivity contribution in [3.05, 3.63) is 28.0 Å². The molecule has 1 saturated heterocycles. The summed E-state index contributed by atoms with van der Waals surface area (Å²) in [6.45, 7) is 0. The molecule has 0 bridgehead atoms. The maximum Gasteiger partial charge on any atom is 0.255 e. The van der Waals surface area contributed by atoms with E-state index in [0.29, 0.717) is 12.2 Å². The Kier molecular flexibility index (Phi) is 4.00. The van der Waals surface area contributed by atoms with Crippen LogP contribution in [-0.2, 0) is 0 Å². The first-order valence-corrected chi connectivity index (χ1v) is 7.11. The van der Waals surface area contributed by atoms with E-state index in [9.17, 15) is 10.1 Å². The summed E-state index contributed by atoms with van der Waals surface area (Å²) in [6, 6.07) is 5.16. The lowest BCUT2D eigenvalue weighted by atomic mass is 10.0. The molecule has 94 valence electrons. The van der Waals surface area contributed by atoms with Gasteiger partial charge >= 0.3 is 0 Å². The van der Waals surface area contributed by atoms with Crippen LogP contribution in [0.15, 0.2) is 12.1 Å². The quantitative estimate of drug-likeness (QED) is 0.853. The summed E-state index contributed by atoms with van der Waals surface area (Å²) in [7, 11) is 0. The number of pyridine rings is 1. The predicted octanol–water partition coefficient (Wildman–Crippen LogP) is 2.52. The Labute approximate surface area is 119 Å². The average molecular weight is 302 g/mol. The second-order valence-electron chi connectivity index (χ2n) is 3.92. The van der Waals surface area contributed by atoms with Crippen molar-refractivity contribution in [1.29, 1.82) is 5.26 Å². The van der Waals surface area contributed by atoms with Crippen LogP contribution in [0.25, 0.3) is 0 Å². The molecule has 1 aliphatic heterocycles. The number of nitrogens with one attached hydrogen (secondary N) is 1. The van der Waals surface area contributed by atoms with Crippen LogP contribution in [0.4, 0.5) is 0 Å². The molecule has 1 atom stereocenters. The third-order valence-corrected chi connectivity index (χ3v) is 4.34. The molecule has 1 fully saturated rings. The monoisotopic (exact) mass is 301 g/mol. The molecule has 1 aromatic rings. The Morgan fingerprint density at radius 1 is 1.56 bits per heavy atom. The number of nitrogens with zero attached hydrogens (tertiary/aromatic N) is 2. The SMILES string of the molecule is N#CC1(NC(=O)c2ccc(Cl)nc2Cl)CCSC1. The number of carbonyl (C=O) groups excluding carboxylic acids is 1. The number of halogens is 2. The zero-order valence-electron chi connectivity index (χ0n) is 9.24. The van der Waals surface area contributed by atoms with Crippen molar-refractivity contribution in [2.45, 2.75) is 12.0 Å². The van der Waals surface area contributed by atoms with Crippen molar-refractivity contribution in [2.24, 2.45) is 0 Å². The van der Waals surface area contributed by atoms with Gasteiger partial charge in [0.2, 0.25) is 0 Å². The Balaban J connectivity index is 2.19. The zero-order valence-corrected chi connectivity index (χ0v) is 11.6. The molecule has 4 nitrogen and oxygen atoms in total. The van der Waals surface area contributed by atoms with Crippen molar-refractivity contribution in [2.75, 3.05) is 11.5 Å². The molecule has 7 heteroatoms. The fourth-order valence-electron chi connectivity index (χ4n) is 1.65. The minimum Gasteiger partial charge on any atom is -0.333 e. The summed E-state index contributed by atoms with van der Waals surface area (Å²) < 4.78 is 0. The van der Waals surface area contributed by atoms with E-state index in [1.165, 1.54) is 12.1 Å². The number of amides is 1. The highest BCUT2D eigenvalue weighted by Crippen LogP contribution is 2.28. The molecule has 18 heavy (non-hydrogen) atoms. The first-order valence-electron chi connectivity index (χ1n) is 5.20. The van der Waals surface area contributed by atoms with Gasteiger partial charge in [0.1, 0.15) is 15.8 Å². The van der Waals surface area contributed by atoms with Crippen LogP contribution in [-0.4, -0.2) is 27.9 Å². The number of rotatable bonds is 2. The smallest absolute Gasteiger partial charge is 0.255 e. The summed E-state index contributed by atoms with van der Waals surface area (Å²) in [5.41, 5.74) is -0.572. The minimum atomic E-state index is -0.801. The Morgan fingerprint density at radius 2 is 2.33 bits per heavy atom. The number of hydrogen-bond donors (Lipinski definition) is 1. The lowest BCUT2D eigenvalue weighted by molar-refractivity contribution is 0.0926. The Hall–Kier alpha value is -0.960. The lowest BCUT2D eigenvalue weighted by Crippen LogP contribution is -2.47. The molecule has 0 spiro atoms. The third kappa shape index (κ3) is 2.72. The number of aromatic nitrogens is 1. The molecule has 0 aromatic carbocycles. The van der Waals surface area contributed by atoms with Gasteiger partial charge in [-0.05, 0) is 24.3 Å². The van der Waals surface area contributed by atoms with Gasteiger partial charge in [-0.15, -0.1) is 0 Å². The van der Waals surface area contributed by atoms with E-state index in [0.717, 1.165) is 5.75 Å². The summed E-state index contributed by atoms with van der Waals surface area (Å²) in [5.74, 6) is 1.06. The van der Waals surface area contributed by atoms with E-state index in [1.54, 1.807) is 11.8 Å². The number of hydrogen-bond acceptors (Lipinski definition) is 4. The Morgan fingerprint density at radius 3 is 2.89 bits per heavy atom. The van der Waals surface area contributed by atoms with E-state index in [1.807, 2.05) is 0 Å². The van der Waals surface area contributed by atoms with Crippen LogP contribution in [0.1, 0.15) is 16.8 Å². The molecule has 1 aliphatic rings. The van der Waals surface area contributed by atoms with Gasteiger partial charge in [0.05, 0.1) is 11.6 Å². The van der Waals surface area contributed by atoms with Crippen LogP contribution < -0.4 is 5.32 Å². The molecule has 2 rings (SSSR count). The topological polar surface area (TPSA) is 65.8 Å². The van der Waals surface area contributed by atoms with Crippen LogP contribution in [0, 0.1) is 11.3 Å². The van der Waals surface area contributed by atoms with Crippen molar-refractivity contribution >= 4 is 40.9 Å². The van der Waals surface area contributed by atoms with Crippen LogP contribution in [0.5, 0.6) is 0 Å². The maximum atomic E-state index is 12.1. The predicted molar refractivity (Wildman–Crippen MR) is 72.0 cm³/mol. The maximum absolute atomic E-state index is 12.1. The van der Waals surface area contributed by atoms with Gasteiger partial charge in [-0.3, -0.25) is 4.79 Å². The molecule has 1 unspecified atom stereocenters. The van der Waals surface area contributed by atoms with Gasteiger partial charge in [0.15, 0.2) is 0 Å². The minimum absolute atomic E-state index is 0.0405. The van der Waals surface area contributed by atoms with Crippen molar-refractivity contribution in [3.8, 4) is 6.07 Å². The van der Waals surface area contributed by atoms with Crippen LogP contribution in [0.3, 0.4) is 0 Å². The molecule has 0 saturated carbocycles. The van der Waals surface area contributed by atoms with Crippen LogP contribution >= 0.6 is 35.0 Å².